The van der Waals surface area contributed by atoms with E-state index in [9.17, 15) is 14.4 Å². The molecule has 2 aromatic rings. The van der Waals surface area contributed by atoms with Crippen LogP contribution < -0.4 is 9.64 Å². The molecule has 0 aromatic heterocycles. The van der Waals surface area contributed by atoms with Crippen molar-refractivity contribution in [3.05, 3.63) is 70.2 Å². The first-order valence-corrected chi connectivity index (χ1v) is 11.5. The zero-order chi connectivity index (χ0) is 22.1. The molecular formula is C25H19Cl2NO4. The van der Waals surface area contributed by atoms with E-state index in [1.54, 1.807) is 42.5 Å². The lowest BCUT2D eigenvalue weighted by molar-refractivity contribution is -0.124. The van der Waals surface area contributed by atoms with E-state index in [2.05, 4.69) is 12.2 Å². The van der Waals surface area contributed by atoms with Crippen LogP contribution in [0.4, 0.5) is 5.69 Å². The number of ether oxygens (including phenoxy) is 1. The van der Waals surface area contributed by atoms with Crippen molar-refractivity contribution in [2.75, 3.05) is 11.5 Å². The van der Waals surface area contributed by atoms with Crippen LogP contribution in [0.25, 0.3) is 0 Å². The van der Waals surface area contributed by atoms with Gasteiger partial charge in [0, 0.05) is 5.56 Å². The molecule has 3 fully saturated rings. The second kappa shape index (κ2) is 7.19. The van der Waals surface area contributed by atoms with Crippen molar-refractivity contribution in [2.24, 2.45) is 35.5 Å². The molecule has 7 heteroatoms. The molecule has 0 N–H and O–H groups in total. The fourth-order valence-electron chi connectivity index (χ4n) is 5.85. The average molecular weight is 468 g/mol. The molecule has 0 radical (unpaired) electrons. The third-order valence-corrected chi connectivity index (χ3v) is 8.20. The normalized spacial score (nSPS) is 31.5. The van der Waals surface area contributed by atoms with Gasteiger partial charge in [-0.25, -0.2) is 0 Å². The van der Waals surface area contributed by atoms with E-state index in [4.69, 9.17) is 27.9 Å². The number of hydrogen-bond donors (Lipinski definition) is 0. The third-order valence-electron chi connectivity index (χ3n) is 7.38. The Balaban J connectivity index is 1.16. The number of hydrogen-bond acceptors (Lipinski definition) is 4. The summed E-state index contributed by atoms with van der Waals surface area (Å²) in [5, 5.41) is 0.509. The van der Waals surface area contributed by atoms with Gasteiger partial charge in [-0.15, -0.1) is 0 Å². The van der Waals surface area contributed by atoms with E-state index in [0.717, 1.165) is 6.42 Å². The summed E-state index contributed by atoms with van der Waals surface area (Å²) >= 11 is 12.1. The van der Waals surface area contributed by atoms with Crippen LogP contribution in [-0.4, -0.2) is 24.2 Å². The summed E-state index contributed by atoms with van der Waals surface area (Å²) in [7, 11) is 0. The molecule has 1 aliphatic heterocycles. The second-order valence-corrected chi connectivity index (χ2v) is 9.76. The molecule has 2 amide bonds. The zero-order valence-corrected chi connectivity index (χ0v) is 18.4. The number of carbonyl (C=O) groups is 3. The molecule has 2 bridgehead atoms. The molecule has 162 valence electrons. The number of Topliss-reactive ketones (excluding diaryl/α,β-unsaturated/α-hetero) is 1. The van der Waals surface area contributed by atoms with Crippen LogP contribution in [0.15, 0.2) is 54.6 Å². The number of amides is 2. The highest BCUT2D eigenvalue weighted by atomic mass is 35.5. The summed E-state index contributed by atoms with van der Waals surface area (Å²) in [6.07, 6.45) is 5.46. The predicted octanol–water partition coefficient (Wildman–Crippen LogP) is 4.81. The summed E-state index contributed by atoms with van der Waals surface area (Å²) in [4.78, 5) is 40.1. The Morgan fingerprint density at radius 2 is 1.56 bits per heavy atom. The Morgan fingerprint density at radius 1 is 0.938 bits per heavy atom. The molecule has 5 nitrogen and oxygen atoms in total. The van der Waals surface area contributed by atoms with E-state index in [0.29, 0.717) is 33.9 Å². The Morgan fingerprint density at radius 3 is 2.19 bits per heavy atom. The van der Waals surface area contributed by atoms with Gasteiger partial charge < -0.3 is 4.74 Å². The van der Waals surface area contributed by atoms with Gasteiger partial charge in [0.1, 0.15) is 5.75 Å². The third kappa shape index (κ3) is 2.87. The van der Waals surface area contributed by atoms with Crippen LogP contribution in [0.2, 0.25) is 10.0 Å². The molecule has 6 atom stereocenters. The molecular weight excluding hydrogens is 449 g/mol. The maximum atomic E-state index is 13.2. The number of allylic oxidation sites excluding steroid dienone is 2. The fraction of sp³-hybridized carbons (Fsp3) is 0.320. The van der Waals surface area contributed by atoms with Gasteiger partial charge >= 0.3 is 0 Å². The van der Waals surface area contributed by atoms with Gasteiger partial charge in [0.05, 0.1) is 27.6 Å². The Labute approximate surface area is 194 Å². The highest BCUT2D eigenvalue weighted by molar-refractivity contribution is 6.44. The van der Waals surface area contributed by atoms with Gasteiger partial charge in [0.2, 0.25) is 17.6 Å². The van der Waals surface area contributed by atoms with Gasteiger partial charge in [-0.1, -0.05) is 41.4 Å². The van der Waals surface area contributed by atoms with Crippen LogP contribution in [0.1, 0.15) is 16.8 Å². The molecule has 1 saturated heterocycles. The van der Waals surface area contributed by atoms with Crippen molar-refractivity contribution in [3.8, 4) is 5.75 Å². The van der Waals surface area contributed by atoms with Crippen LogP contribution in [0, 0.1) is 35.5 Å². The lowest BCUT2D eigenvalue weighted by Crippen LogP contribution is -2.40. The molecule has 2 unspecified atom stereocenters. The monoisotopic (exact) mass is 467 g/mol. The van der Waals surface area contributed by atoms with Crippen LogP contribution in [0.3, 0.4) is 0 Å². The second-order valence-electron chi connectivity index (χ2n) is 8.97. The first kappa shape index (κ1) is 20.0. The zero-order valence-electron chi connectivity index (χ0n) is 16.9. The van der Waals surface area contributed by atoms with Gasteiger partial charge in [0.15, 0.2) is 6.61 Å². The SMILES string of the molecule is O=C(COc1ccc(N2C(=O)[C@@H]3[C@H](C2=O)C2C=C[C@H]3C3C[C@@H]23)cc1)c1cccc(Cl)c1Cl. The molecule has 7 rings (SSSR count). The van der Waals surface area contributed by atoms with Crippen molar-refractivity contribution in [1.82, 2.24) is 0 Å². The maximum Gasteiger partial charge on any atom is 0.238 e. The predicted molar refractivity (Wildman–Crippen MR) is 120 cm³/mol. The van der Waals surface area contributed by atoms with Crippen molar-refractivity contribution in [1.29, 1.82) is 0 Å². The number of halogens is 2. The largest absolute Gasteiger partial charge is 0.485 e. The van der Waals surface area contributed by atoms with E-state index < -0.39 is 0 Å². The lowest BCUT2D eigenvalue weighted by atomic mass is 9.63. The Kier molecular flexibility index (Phi) is 4.50. The molecule has 5 aliphatic rings. The van der Waals surface area contributed by atoms with Crippen LogP contribution >= 0.6 is 23.2 Å². The number of nitrogens with zero attached hydrogens (tertiary/aromatic N) is 1. The van der Waals surface area contributed by atoms with E-state index in [-0.39, 0.29) is 52.9 Å². The quantitative estimate of drug-likeness (QED) is 0.359. The number of ketones is 1. The van der Waals surface area contributed by atoms with E-state index >= 15 is 0 Å². The van der Waals surface area contributed by atoms with Gasteiger partial charge in [-0.2, -0.15) is 0 Å². The summed E-state index contributed by atoms with van der Waals surface area (Å²) < 4.78 is 5.60. The fourth-order valence-corrected chi connectivity index (χ4v) is 6.25. The Bertz CT molecular complexity index is 1150. The lowest BCUT2D eigenvalue weighted by Gasteiger charge is -2.37. The van der Waals surface area contributed by atoms with E-state index in [1.165, 1.54) is 4.90 Å². The standard InChI is InChI=1S/C25H19Cl2NO4/c26-19-3-1-2-16(23(19)27)20(29)11-32-13-6-4-12(5-7-13)28-24(30)21-14-8-9-15(18-10-17(14)18)22(21)25(28)31/h1-9,14-15,17-18,21-22H,10-11H2/t14-,15?,17?,18-,21-,22+/m0/s1. The maximum absolute atomic E-state index is 13.2. The minimum atomic E-state index is -0.294. The van der Waals surface area contributed by atoms with Crippen molar-refractivity contribution < 1.29 is 19.1 Å². The first-order valence-electron chi connectivity index (χ1n) is 10.7. The average Bonchev–Trinajstić information content (AvgIpc) is 3.58. The molecule has 0 spiro atoms. The van der Waals surface area contributed by atoms with Gasteiger partial charge in [-0.05, 0) is 66.5 Å². The highest BCUT2D eigenvalue weighted by Gasteiger charge is 2.67. The number of anilines is 1. The minimum Gasteiger partial charge on any atom is -0.485 e. The summed E-state index contributed by atoms with van der Waals surface area (Å²) in [5.74, 6) is 1.07. The van der Waals surface area contributed by atoms with Crippen molar-refractivity contribution in [3.63, 3.8) is 0 Å². The highest BCUT2D eigenvalue weighted by Crippen LogP contribution is 2.65. The topological polar surface area (TPSA) is 63.7 Å². The molecule has 2 aromatic carbocycles. The van der Waals surface area contributed by atoms with Gasteiger partial charge in [0.25, 0.3) is 0 Å². The number of benzene rings is 2. The summed E-state index contributed by atoms with van der Waals surface area (Å²) in [5.41, 5.74) is 0.840. The van der Waals surface area contributed by atoms with Gasteiger partial charge in [-0.3, -0.25) is 19.3 Å². The van der Waals surface area contributed by atoms with E-state index in [1.807, 2.05) is 0 Å². The molecule has 1 heterocycles. The molecule has 4 aliphatic carbocycles. The number of rotatable bonds is 5. The Hall–Kier alpha value is -2.63. The smallest absolute Gasteiger partial charge is 0.238 e. The van der Waals surface area contributed by atoms with Crippen LogP contribution in [-0.2, 0) is 9.59 Å². The number of imide groups is 1. The minimum absolute atomic E-state index is 0.0934. The molecule has 32 heavy (non-hydrogen) atoms. The van der Waals surface area contributed by atoms with Crippen LogP contribution in [0.5, 0.6) is 5.75 Å². The van der Waals surface area contributed by atoms with Crippen molar-refractivity contribution >= 4 is 46.5 Å². The van der Waals surface area contributed by atoms with Crippen molar-refractivity contribution in [2.45, 2.75) is 6.42 Å². The molecule has 2 saturated carbocycles. The summed E-state index contributed by atoms with van der Waals surface area (Å²) in [6.45, 7) is -0.205. The number of carbonyl (C=O) groups excluding carboxylic acids is 3. The first-order chi connectivity index (χ1) is 15.5. The summed E-state index contributed by atoms with van der Waals surface area (Å²) in [6, 6.07) is 11.6.